The number of amides is 1. The number of ether oxygens (including phenoxy) is 1. The second-order valence-corrected chi connectivity index (χ2v) is 4.30. The number of rotatable bonds is 6. The lowest BCUT2D eigenvalue weighted by Gasteiger charge is -2.13. The zero-order valence-corrected chi connectivity index (χ0v) is 11.4. The second-order valence-electron chi connectivity index (χ2n) is 4.30. The zero-order chi connectivity index (χ0) is 14.4. The SMILES string of the molecule is CCNC(=O)CCOc1c(C)cc(C(=O)O)cc1C. The Labute approximate surface area is 112 Å². The average Bonchev–Trinajstić information content (AvgIpc) is 2.32. The fourth-order valence-electron chi connectivity index (χ4n) is 1.83. The maximum atomic E-state index is 11.3. The zero-order valence-electron chi connectivity index (χ0n) is 11.4. The molecule has 1 aromatic rings. The van der Waals surface area contributed by atoms with Crippen molar-refractivity contribution in [3.8, 4) is 5.75 Å². The first-order valence-corrected chi connectivity index (χ1v) is 6.19. The molecule has 2 N–H and O–H groups in total. The van der Waals surface area contributed by atoms with Crippen molar-refractivity contribution in [2.45, 2.75) is 27.2 Å². The molecule has 0 aromatic heterocycles. The lowest BCUT2D eigenvalue weighted by molar-refractivity contribution is -0.121. The Hall–Kier alpha value is -2.04. The quantitative estimate of drug-likeness (QED) is 0.823. The minimum Gasteiger partial charge on any atom is -0.493 e. The lowest BCUT2D eigenvalue weighted by atomic mass is 10.1. The molecule has 0 heterocycles. The van der Waals surface area contributed by atoms with Crippen molar-refractivity contribution in [2.75, 3.05) is 13.2 Å². The smallest absolute Gasteiger partial charge is 0.335 e. The van der Waals surface area contributed by atoms with Gasteiger partial charge in [0.25, 0.3) is 0 Å². The number of carbonyl (C=O) groups excluding carboxylic acids is 1. The highest BCUT2D eigenvalue weighted by Gasteiger charge is 2.11. The second kappa shape index (κ2) is 6.78. The summed E-state index contributed by atoms with van der Waals surface area (Å²) in [7, 11) is 0. The minimum atomic E-state index is -0.958. The van der Waals surface area contributed by atoms with E-state index in [0.717, 1.165) is 11.1 Å². The molecule has 1 aromatic carbocycles. The van der Waals surface area contributed by atoms with Crippen LogP contribution in [0.3, 0.4) is 0 Å². The molecule has 0 aliphatic rings. The number of aromatic carboxylic acids is 1. The van der Waals surface area contributed by atoms with Crippen LogP contribution in [0.2, 0.25) is 0 Å². The highest BCUT2D eigenvalue weighted by atomic mass is 16.5. The van der Waals surface area contributed by atoms with Crippen LogP contribution in [0, 0.1) is 13.8 Å². The molecule has 1 rings (SSSR count). The Balaban J connectivity index is 2.69. The van der Waals surface area contributed by atoms with Crippen molar-refractivity contribution >= 4 is 11.9 Å². The molecule has 0 saturated carbocycles. The molecule has 104 valence electrons. The molecule has 0 fully saturated rings. The summed E-state index contributed by atoms with van der Waals surface area (Å²) in [5, 5.41) is 11.6. The maximum absolute atomic E-state index is 11.3. The van der Waals surface area contributed by atoms with E-state index in [4.69, 9.17) is 9.84 Å². The van der Waals surface area contributed by atoms with Gasteiger partial charge in [0.1, 0.15) is 5.75 Å². The molecule has 0 aliphatic carbocycles. The summed E-state index contributed by atoms with van der Waals surface area (Å²) in [5.74, 6) is -0.366. The largest absolute Gasteiger partial charge is 0.493 e. The van der Waals surface area contributed by atoms with Gasteiger partial charge in [0.05, 0.1) is 18.6 Å². The highest BCUT2D eigenvalue weighted by Crippen LogP contribution is 2.25. The van der Waals surface area contributed by atoms with Crippen molar-refractivity contribution < 1.29 is 19.4 Å². The van der Waals surface area contributed by atoms with Crippen LogP contribution in [0.25, 0.3) is 0 Å². The highest BCUT2D eigenvalue weighted by molar-refractivity contribution is 5.88. The molecule has 5 heteroatoms. The third kappa shape index (κ3) is 4.28. The summed E-state index contributed by atoms with van der Waals surface area (Å²) < 4.78 is 5.57. The molecule has 0 radical (unpaired) electrons. The molecule has 19 heavy (non-hydrogen) atoms. The van der Waals surface area contributed by atoms with Crippen molar-refractivity contribution in [3.63, 3.8) is 0 Å². The number of hydrogen-bond donors (Lipinski definition) is 2. The van der Waals surface area contributed by atoms with E-state index in [2.05, 4.69) is 5.32 Å². The summed E-state index contributed by atoms with van der Waals surface area (Å²) in [4.78, 5) is 22.2. The Morgan fingerprint density at radius 2 is 1.84 bits per heavy atom. The van der Waals surface area contributed by atoms with E-state index in [0.29, 0.717) is 12.3 Å². The van der Waals surface area contributed by atoms with Gasteiger partial charge in [-0.1, -0.05) is 0 Å². The van der Waals surface area contributed by atoms with E-state index in [-0.39, 0.29) is 24.5 Å². The summed E-state index contributed by atoms with van der Waals surface area (Å²) in [6.07, 6.45) is 0.285. The van der Waals surface area contributed by atoms with Crippen molar-refractivity contribution in [3.05, 3.63) is 28.8 Å². The number of carboxylic acid groups (broad SMARTS) is 1. The van der Waals surface area contributed by atoms with Gasteiger partial charge >= 0.3 is 5.97 Å². The summed E-state index contributed by atoms with van der Waals surface area (Å²) in [6, 6.07) is 3.13. The first-order valence-electron chi connectivity index (χ1n) is 6.19. The lowest BCUT2D eigenvalue weighted by Crippen LogP contribution is -2.24. The van der Waals surface area contributed by atoms with E-state index in [1.165, 1.54) is 0 Å². The third-order valence-electron chi connectivity index (χ3n) is 2.66. The summed E-state index contributed by atoms with van der Waals surface area (Å²) >= 11 is 0. The number of carbonyl (C=O) groups is 2. The van der Waals surface area contributed by atoms with Gasteiger partial charge in [-0.25, -0.2) is 4.79 Å². The first-order chi connectivity index (χ1) is 8.95. The van der Waals surface area contributed by atoms with E-state index in [9.17, 15) is 9.59 Å². The summed E-state index contributed by atoms with van der Waals surface area (Å²) in [6.45, 7) is 6.32. The molecule has 1 amide bonds. The van der Waals surface area contributed by atoms with Crippen molar-refractivity contribution in [2.24, 2.45) is 0 Å². The number of aryl methyl sites for hydroxylation is 2. The van der Waals surface area contributed by atoms with Crippen LogP contribution in [0.15, 0.2) is 12.1 Å². The average molecular weight is 265 g/mol. The molecule has 0 saturated heterocycles. The van der Waals surface area contributed by atoms with Gasteiger partial charge in [-0.05, 0) is 44.0 Å². The Kier molecular flexibility index (Phi) is 5.36. The molecule has 0 atom stereocenters. The first kappa shape index (κ1) is 15.0. The van der Waals surface area contributed by atoms with E-state index < -0.39 is 5.97 Å². The molecule has 0 spiro atoms. The van der Waals surface area contributed by atoms with E-state index >= 15 is 0 Å². The van der Waals surface area contributed by atoms with Crippen LogP contribution in [0.4, 0.5) is 0 Å². The van der Waals surface area contributed by atoms with Crippen LogP contribution in [0.1, 0.15) is 34.8 Å². The number of benzene rings is 1. The van der Waals surface area contributed by atoms with Crippen LogP contribution in [-0.2, 0) is 4.79 Å². The van der Waals surface area contributed by atoms with Gasteiger partial charge < -0.3 is 15.2 Å². The van der Waals surface area contributed by atoms with Crippen molar-refractivity contribution in [1.29, 1.82) is 0 Å². The van der Waals surface area contributed by atoms with Crippen LogP contribution < -0.4 is 10.1 Å². The van der Waals surface area contributed by atoms with E-state index in [1.807, 2.05) is 6.92 Å². The third-order valence-corrected chi connectivity index (χ3v) is 2.66. The normalized spacial score (nSPS) is 10.1. The predicted molar refractivity (Wildman–Crippen MR) is 71.7 cm³/mol. The molecular weight excluding hydrogens is 246 g/mol. The van der Waals surface area contributed by atoms with Gasteiger partial charge in [-0.3, -0.25) is 4.79 Å². The Morgan fingerprint density at radius 3 is 2.32 bits per heavy atom. The van der Waals surface area contributed by atoms with Gasteiger partial charge in [-0.15, -0.1) is 0 Å². The number of nitrogens with one attached hydrogen (secondary N) is 1. The van der Waals surface area contributed by atoms with Crippen molar-refractivity contribution in [1.82, 2.24) is 5.32 Å². The van der Waals surface area contributed by atoms with Crippen LogP contribution >= 0.6 is 0 Å². The molecule has 5 nitrogen and oxygen atoms in total. The maximum Gasteiger partial charge on any atom is 0.335 e. The van der Waals surface area contributed by atoms with Gasteiger partial charge in [0, 0.05) is 6.54 Å². The predicted octanol–water partition coefficient (Wildman–Crippen LogP) is 1.91. The fraction of sp³-hybridized carbons (Fsp3) is 0.429. The molecule has 0 bridgehead atoms. The Bertz CT molecular complexity index is 459. The summed E-state index contributed by atoms with van der Waals surface area (Å²) in [5.41, 5.74) is 1.76. The minimum absolute atomic E-state index is 0.0556. The van der Waals surface area contributed by atoms with Gasteiger partial charge in [0.2, 0.25) is 5.91 Å². The molecular formula is C14H19NO4. The number of hydrogen-bond acceptors (Lipinski definition) is 3. The van der Waals surface area contributed by atoms with E-state index in [1.54, 1.807) is 26.0 Å². The standard InChI is InChI=1S/C14H19NO4/c1-4-15-12(16)5-6-19-13-9(2)7-11(14(17)18)8-10(13)3/h7-8H,4-6H2,1-3H3,(H,15,16)(H,17,18). The topological polar surface area (TPSA) is 75.6 Å². The molecule has 0 aliphatic heterocycles. The Morgan fingerprint density at radius 1 is 1.26 bits per heavy atom. The fourth-order valence-corrected chi connectivity index (χ4v) is 1.83. The van der Waals surface area contributed by atoms with Gasteiger partial charge in [0.15, 0.2) is 0 Å². The van der Waals surface area contributed by atoms with Crippen LogP contribution in [0.5, 0.6) is 5.75 Å². The number of carboxylic acids is 1. The molecule has 0 unspecified atom stereocenters. The monoisotopic (exact) mass is 265 g/mol. The van der Waals surface area contributed by atoms with Crippen LogP contribution in [-0.4, -0.2) is 30.1 Å². The van der Waals surface area contributed by atoms with Gasteiger partial charge in [-0.2, -0.15) is 0 Å².